The van der Waals surface area contributed by atoms with Crippen molar-refractivity contribution in [2.75, 3.05) is 0 Å². The Bertz CT molecular complexity index is 564. The first kappa shape index (κ1) is 14.5. The Balaban J connectivity index is 2.42. The molecule has 0 amide bonds. The summed E-state index contributed by atoms with van der Waals surface area (Å²) in [6.07, 6.45) is 0. The Kier molecular flexibility index (Phi) is 4.56. The van der Waals surface area contributed by atoms with Gasteiger partial charge >= 0.3 is 129 Å². The molecule has 0 atom stereocenters. The molecule has 2 aromatic heterocycles. The molecule has 96 valence electrons. The van der Waals surface area contributed by atoms with E-state index in [2.05, 4.69) is 51.8 Å². The van der Waals surface area contributed by atoms with Crippen molar-refractivity contribution >= 4 is 52.2 Å². The minimum atomic E-state index is -0.116. The van der Waals surface area contributed by atoms with Crippen LogP contribution in [0.2, 0.25) is 0 Å². The van der Waals surface area contributed by atoms with Crippen LogP contribution < -0.4 is 0 Å². The number of azo groups is 1. The SMILES string of the molecule is Cc1[te]c(C)c(N=Nc2c(C)[te]c(C)c2C)c1C. The average Bonchev–Trinajstić information content (AvgIpc) is 2.67. The van der Waals surface area contributed by atoms with Crippen LogP contribution >= 0.6 is 0 Å². The fourth-order valence-electron chi connectivity index (χ4n) is 1.96. The van der Waals surface area contributed by atoms with Gasteiger partial charge in [-0.15, -0.1) is 0 Å². The van der Waals surface area contributed by atoms with Crippen molar-refractivity contribution in [2.24, 2.45) is 10.2 Å². The first-order valence-electron chi connectivity index (χ1n) is 5.96. The van der Waals surface area contributed by atoms with E-state index in [0.29, 0.717) is 0 Å². The van der Waals surface area contributed by atoms with Crippen LogP contribution in [0.25, 0.3) is 0 Å². The van der Waals surface area contributed by atoms with Crippen molar-refractivity contribution in [2.45, 2.75) is 41.5 Å². The third kappa shape index (κ3) is 2.68. The molecule has 0 aliphatic heterocycles. The Morgan fingerprint density at radius 1 is 0.556 bits per heavy atom. The van der Waals surface area contributed by atoms with Crippen LogP contribution in [0.15, 0.2) is 10.2 Å². The van der Waals surface area contributed by atoms with Crippen molar-refractivity contribution in [3.05, 3.63) is 25.4 Å². The van der Waals surface area contributed by atoms with Crippen LogP contribution in [0.4, 0.5) is 11.4 Å². The summed E-state index contributed by atoms with van der Waals surface area (Å²) in [5.74, 6) is 0. The summed E-state index contributed by atoms with van der Waals surface area (Å²) >= 11 is -0.231. The fraction of sp³-hybridized carbons (Fsp3) is 0.429. The third-order valence-corrected chi connectivity index (χ3v) is 9.64. The molecule has 2 aromatic rings. The van der Waals surface area contributed by atoms with Crippen LogP contribution in [0.3, 0.4) is 0 Å². The number of aryl methyl sites for hydroxylation is 4. The number of hydrogen-bond acceptors (Lipinski definition) is 2. The van der Waals surface area contributed by atoms with Gasteiger partial charge in [-0.05, 0) is 0 Å². The van der Waals surface area contributed by atoms with E-state index in [1.54, 1.807) is 7.16 Å². The maximum absolute atomic E-state index is 4.56. The van der Waals surface area contributed by atoms with Crippen molar-refractivity contribution in [1.29, 1.82) is 0 Å². The molecule has 0 aliphatic rings. The molecule has 0 saturated heterocycles. The summed E-state index contributed by atoms with van der Waals surface area (Å²) in [5, 5.41) is 9.12. The molecule has 0 unspecified atom stereocenters. The van der Waals surface area contributed by atoms with Gasteiger partial charge in [-0.25, -0.2) is 0 Å². The van der Waals surface area contributed by atoms with Crippen LogP contribution in [-0.2, 0) is 0 Å². The zero-order valence-corrected chi connectivity index (χ0v) is 16.4. The van der Waals surface area contributed by atoms with E-state index in [0.717, 1.165) is 11.4 Å². The van der Waals surface area contributed by atoms with Gasteiger partial charge in [-0.3, -0.25) is 0 Å². The van der Waals surface area contributed by atoms with E-state index >= 15 is 0 Å². The van der Waals surface area contributed by atoms with Gasteiger partial charge < -0.3 is 0 Å². The van der Waals surface area contributed by atoms with Gasteiger partial charge in [0.2, 0.25) is 0 Å². The molecule has 0 radical (unpaired) electrons. The molecule has 0 aliphatic carbocycles. The second kappa shape index (κ2) is 5.64. The molecule has 0 N–H and O–H groups in total. The van der Waals surface area contributed by atoms with Gasteiger partial charge in [0.25, 0.3) is 0 Å². The summed E-state index contributed by atoms with van der Waals surface area (Å²) in [6, 6.07) is 0. The molecule has 2 rings (SSSR count). The van der Waals surface area contributed by atoms with E-state index < -0.39 is 0 Å². The van der Waals surface area contributed by atoms with E-state index in [-0.39, 0.29) is 40.9 Å². The molecule has 4 heteroatoms. The summed E-state index contributed by atoms with van der Waals surface area (Å²) in [6.45, 7) is 13.3. The monoisotopic (exact) mass is 474 g/mol. The van der Waals surface area contributed by atoms with Crippen LogP contribution in [0, 0.1) is 41.5 Å². The zero-order valence-electron chi connectivity index (χ0n) is 11.7. The Labute approximate surface area is 128 Å². The minimum absolute atomic E-state index is 0.116. The summed E-state index contributed by atoms with van der Waals surface area (Å²) in [7, 11) is 0. The quantitative estimate of drug-likeness (QED) is 0.468. The zero-order chi connectivity index (χ0) is 13.4. The van der Waals surface area contributed by atoms with E-state index in [1.165, 1.54) is 18.3 Å². The first-order valence-corrected chi connectivity index (χ1v) is 10.6. The van der Waals surface area contributed by atoms with Gasteiger partial charge in [0.15, 0.2) is 0 Å². The predicted octanol–water partition coefficient (Wildman–Crippen LogP) is 4.07. The standard InChI is InChI=1S/C14H18N2Te2/c1-7-9(3)17-11(5)13(7)15-16-14-8(2)10(4)18-12(14)6/h1-6H3. The van der Waals surface area contributed by atoms with Gasteiger partial charge in [0.1, 0.15) is 0 Å². The van der Waals surface area contributed by atoms with Crippen LogP contribution in [-0.4, -0.2) is 40.9 Å². The Hall–Kier alpha value is 0.139. The predicted molar refractivity (Wildman–Crippen MR) is 79.4 cm³/mol. The van der Waals surface area contributed by atoms with Crippen LogP contribution in [0.5, 0.6) is 0 Å². The normalized spacial score (nSPS) is 11.7. The van der Waals surface area contributed by atoms with Crippen molar-refractivity contribution < 1.29 is 0 Å². The van der Waals surface area contributed by atoms with E-state index in [9.17, 15) is 0 Å². The second-order valence-electron chi connectivity index (χ2n) is 4.58. The fourth-order valence-corrected chi connectivity index (χ4v) is 7.67. The van der Waals surface area contributed by atoms with Gasteiger partial charge in [-0.1, -0.05) is 0 Å². The van der Waals surface area contributed by atoms with Gasteiger partial charge in [-0.2, -0.15) is 0 Å². The Morgan fingerprint density at radius 2 is 0.889 bits per heavy atom. The summed E-state index contributed by atoms with van der Waals surface area (Å²) in [4.78, 5) is 0. The van der Waals surface area contributed by atoms with Gasteiger partial charge in [0, 0.05) is 0 Å². The van der Waals surface area contributed by atoms with Crippen LogP contribution in [0.1, 0.15) is 25.4 Å². The molecule has 0 bridgehead atoms. The van der Waals surface area contributed by atoms with Crippen molar-refractivity contribution in [1.82, 2.24) is 0 Å². The van der Waals surface area contributed by atoms with Crippen molar-refractivity contribution in [3.63, 3.8) is 0 Å². The molecular formula is C14H18N2Te2. The molecule has 0 aromatic carbocycles. The summed E-state index contributed by atoms with van der Waals surface area (Å²) < 4.78 is 6.07. The van der Waals surface area contributed by atoms with Crippen molar-refractivity contribution in [3.8, 4) is 0 Å². The molecule has 0 fully saturated rings. The summed E-state index contributed by atoms with van der Waals surface area (Å²) in [5.41, 5.74) is 5.05. The van der Waals surface area contributed by atoms with Gasteiger partial charge in [0.05, 0.1) is 0 Å². The number of hydrogen-bond donors (Lipinski definition) is 0. The second-order valence-corrected chi connectivity index (χ2v) is 12.7. The molecule has 0 spiro atoms. The topological polar surface area (TPSA) is 24.7 Å². The third-order valence-electron chi connectivity index (χ3n) is 3.30. The molecule has 2 heterocycles. The maximum atomic E-state index is 4.56. The molecule has 0 saturated carbocycles. The molecule has 2 nitrogen and oxygen atoms in total. The number of rotatable bonds is 2. The average molecular weight is 470 g/mol. The first-order chi connectivity index (χ1) is 8.41. The number of nitrogens with zero attached hydrogens (tertiary/aromatic N) is 2. The molecular weight excluding hydrogens is 451 g/mol. The van der Waals surface area contributed by atoms with E-state index in [4.69, 9.17) is 0 Å². The Morgan fingerprint density at radius 3 is 1.11 bits per heavy atom. The molecule has 18 heavy (non-hydrogen) atoms. The van der Waals surface area contributed by atoms with E-state index in [1.807, 2.05) is 0 Å².